The maximum atomic E-state index is 13.5. The molecule has 35 heavy (non-hydrogen) atoms. The molecule has 1 aliphatic rings. The van der Waals surface area contributed by atoms with Crippen LogP contribution < -0.4 is 20.1 Å². The van der Waals surface area contributed by atoms with E-state index in [0.29, 0.717) is 29.2 Å². The van der Waals surface area contributed by atoms with E-state index in [9.17, 15) is 18.4 Å². The Morgan fingerprint density at radius 2 is 1.97 bits per heavy atom. The van der Waals surface area contributed by atoms with Crippen LogP contribution in [0.2, 0.25) is 0 Å². The molecule has 0 bridgehead atoms. The molecule has 8 nitrogen and oxygen atoms in total. The predicted octanol–water partition coefficient (Wildman–Crippen LogP) is 4.79. The Morgan fingerprint density at radius 3 is 2.74 bits per heavy atom. The summed E-state index contributed by atoms with van der Waals surface area (Å²) >= 11 is 0. The largest absolute Gasteiger partial charge is 0.497 e. The highest BCUT2D eigenvalue weighted by Crippen LogP contribution is 2.35. The van der Waals surface area contributed by atoms with Gasteiger partial charge >= 0.3 is 6.09 Å². The Labute approximate surface area is 206 Å². The number of anilines is 1. The van der Waals surface area contributed by atoms with E-state index in [1.54, 1.807) is 36.5 Å². The van der Waals surface area contributed by atoms with Gasteiger partial charge in [-0.25, -0.2) is 13.6 Å². The van der Waals surface area contributed by atoms with Gasteiger partial charge < -0.3 is 24.8 Å². The van der Waals surface area contributed by atoms with Crippen LogP contribution in [0.15, 0.2) is 54.7 Å². The number of amides is 2. The van der Waals surface area contributed by atoms with Gasteiger partial charge in [-0.05, 0) is 24.3 Å². The van der Waals surface area contributed by atoms with Gasteiger partial charge in [0, 0.05) is 36.0 Å². The summed E-state index contributed by atoms with van der Waals surface area (Å²) in [6, 6.07) is 10.9. The van der Waals surface area contributed by atoms with Crippen molar-refractivity contribution in [2.75, 3.05) is 19.0 Å². The van der Waals surface area contributed by atoms with Gasteiger partial charge in [-0.3, -0.25) is 9.78 Å². The molecule has 184 valence electrons. The van der Waals surface area contributed by atoms with Gasteiger partial charge in [-0.1, -0.05) is 12.1 Å². The number of nitrogens with zero attached hydrogens (tertiary/aromatic N) is 1. The van der Waals surface area contributed by atoms with Gasteiger partial charge in [0.25, 0.3) is 5.91 Å². The zero-order valence-corrected chi connectivity index (χ0v) is 19.4. The number of carbonyl (C=O) groups is 2. The summed E-state index contributed by atoms with van der Waals surface area (Å²) in [5.41, 5.74) is 1.42. The molecule has 2 aromatic carbocycles. The summed E-state index contributed by atoms with van der Waals surface area (Å²) in [7, 11) is 1.53. The summed E-state index contributed by atoms with van der Waals surface area (Å²) in [5, 5.41) is 5.31. The number of hydrogen-bond acceptors (Lipinski definition) is 6. The van der Waals surface area contributed by atoms with E-state index >= 15 is 0 Å². The first-order valence-electron chi connectivity index (χ1n) is 10.4. The van der Waals surface area contributed by atoms with E-state index in [2.05, 4.69) is 15.6 Å². The van der Waals surface area contributed by atoms with Crippen LogP contribution >= 0.6 is 12.4 Å². The first kappa shape index (κ1) is 25.7. The number of hydrogen-bond donors (Lipinski definition) is 2. The Morgan fingerprint density at radius 1 is 1.14 bits per heavy atom. The van der Waals surface area contributed by atoms with Crippen LogP contribution in [0.4, 0.5) is 19.3 Å². The van der Waals surface area contributed by atoms with E-state index in [-0.39, 0.29) is 36.9 Å². The number of fused-ring (bicyclic) bond motifs is 1. The number of carbonyl (C=O) groups excluding carboxylic acids is 2. The molecule has 0 aliphatic carbocycles. The Kier molecular flexibility index (Phi) is 8.43. The second-order valence-corrected chi connectivity index (χ2v) is 7.40. The van der Waals surface area contributed by atoms with Crippen molar-refractivity contribution in [3.8, 4) is 11.5 Å². The van der Waals surface area contributed by atoms with E-state index in [0.717, 1.165) is 12.1 Å². The first-order valence-corrected chi connectivity index (χ1v) is 10.4. The van der Waals surface area contributed by atoms with E-state index in [4.69, 9.17) is 14.2 Å². The lowest BCUT2D eigenvalue weighted by molar-refractivity contribution is 0.102. The Hall–Kier alpha value is -3.92. The number of nitrogens with one attached hydrogen (secondary N) is 2. The third-order valence-electron chi connectivity index (χ3n) is 5.16. The minimum absolute atomic E-state index is 0. The number of alkyl carbamates (subject to hydrolysis) is 1. The first-order chi connectivity index (χ1) is 16.4. The summed E-state index contributed by atoms with van der Waals surface area (Å²) in [5.74, 6) is -1.75. The number of pyridine rings is 1. The van der Waals surface area contributed by atoms with Gasteiger partial charge in [0.05, 0.1) is 31.0 Å². The van der Waals surface area contributed by atoms with E-state index in [1.165, 1.54) is 13.2 Å². The molecule has 3 aromatic rings. The molecular formula is C24H22ClF2N3O5. The van der Waals surface area contributed by atoms with Crippen molar-refractivity contribution in [1.29, 1.82) is 0 Å². The van der Waals surface area contributed by atoms with Crippen LogP contribution in [-0.4, -0.2) is 30.7 Å². The van der Waals surface area contributed by atoms with Crippen molar-refractivity contribution in [3.05, 3.63) is 83.2 Å². The molecule has 0 saturated heterocycles. The maximum Gasteiger partial charge on any atom is 0.408 e. The van der Waals surface area contributed by atoms with Crippen molar-refractivity contribution in [3.63, 3.8) is 0 Å². The SMILES string of the molecule is COc1ccnc(COC(=O)N[C@H]2CCOc3c(C(=O)Nc4ccc(F)c(F)c4)cccc32)c1.Cl. The highest BCUT2D eigenvalue weighted by Gasteiger charge is 2.27. The van der Waals surface area contributed by atoms with Crippen LogP contribution in [0.25, 0.3) is 0 Å². The van der Waals surface area contributed by atoms with E-state index in [1.807, 2.05) is 0 Å². The van der Waals surface area contributed by atoms with Crippen LogP contribution in [0.1, 0.15) is 34.1 Å². The van der Waals surface area contributed by atoms with Crippen LogP contribution in [0.5, 0.6) is 11.5 Å². The third-order valence-corrected chi connectivity index (χ3v) is 5.16. The molecule has 2 heterocycles. The molecule has 1 atom stereocenters. The van der Waals surface area contributed by atoms with Crippen LogP contribution in [-0.2, 0) is 11.3 Å². The molecular weight excluding hydrogens is 484 g/mol. The second kappa shape index (κ2) is 11.5. The monoisotopic (exact) mass is 505 g/mol. The highest BCUT2D eigenvalue weighted by atomic mass is 35.5. The maximum absolute atomic E-state index is 13.5. The molecule has 2 amide bonds. The summed E-state index contributed by atoms with van der Waals surface area (Å²) in [4.78, 5) is 29.3. The van der Waals surface area contributed by atoms with Crippen molar-refractivity contribution in [1.82, 2.24) is 10.3 Å². The molecule has 4 rings (SSSR count). The number of para-hydroxylation sites is 1. The smallest absolute Gasteiger partial charge is 0.408 e. The van der Waals surface area contributed by atoms with Crippen LogP contribution in [0.3, 0.4) is 0 Å². The normalized spacial score (nSPS) is 14.0. The molecule has 0 radical (unpaired) electrons. The van der Waals surface area contributed by atoms with Gasteiger partial charge in [-0.2, -0.15) is 0 Å². The second-order valence-electron chi connectivity index (χ2n) is 7.40. The average Bonchev–Trinajstić information content (AvgIpc) is 2.85. The number of methoxy groups -OCH3 is 1. The van der Waals surface area contributed by atoms with Crippen molar-refractivity contribution in [2.45, 2.75) is 19.1 Å². The standard InChI is InChI=1S/C24H21F2N3O5.ClH/c1-32-16-7-9-27-15(11-16)13-34-24(31)29-21-8-10-33-22-17(21)3-2-4-18(22)23(30)28-14-5-6-19(25)20(26)12-14;/h2-7,9,11-12,21H,8,10,13H2,1H3,(H,28,30)(H,29,31);1H/t21-;/m0./s1. The summed E-state index contributed by atoms with van der Waals surface area (Å²) in [6.07, 6.45) is 1.37. The summed E-state index contributed by atoms with van der Waals surface area (Å²) < 4.78 is 42.7. The van der Waals surface area contributed by atoms with Crippen molar-refractivity contribution >= 4 is 30.1 Å². The number of halogens is 3. The third kappa shape index (κ3) is 6.15. The lowest BCUT2D eigenvalue weighted by Gasteiger charge is -2.27. The minimum atomic E-state index is -1.07. The molecule has 11 heteroatoms. The Balaban J connectivity index is 0.00000342. The van der Waals surface area contributed by atoms with Crippen molar-refractivity contribution < 1.29 is 32.6 Å². The zero-order valence-electron chi connectivity index (χ0n) is 18.5. The van der Waals surface area contributed by atoms with Crippen molar-refractivity contribution in [2.24, 2.45) is 0 Å². The lowest BCUT2D eigenvalue weighted by atomic mass is 9.97. The van der Waals surface area contributed by atoms with Gasteiger partial charge in [-0.15, -0.1) is 12.4 Å². The van der Waals surface area contributed by atoms with Crippen LogP contribution in [0, 0.1) is 11.6 Å². The molecule has 1 aromatic heterocycles. The molecule has 0 unspecified atom stereocenters. The Bertz CT molecular complexity index is 1230. The topological polar surface area (TPSA) is 98.8 Å². The number of ether oxygens (including phenoxy) is 3. The fraction of sp³-hybridized carbons (Fsp3) is 0.208. The van der Waals surface area contributed by atoms with Gasteiger partial charge in [0.15, 0.2) is 11.6 Å². The lowest BCUT2D eigenvalue weighted by Crippen LogP contribution is -2.33. The average molecular weight is 506 g/mol. The molecule has 1 aliphatic heterocycles. The molecule has 0 saturated carbocycles. The molecule has 0 spiro atoms. The zero-order chi connectivity index (χ0) is 24.1. The predicted molar refractivity (Wildman–Crippen MR) is 125 cm³/mol. The van der Waals surface area contributed by atoms with Gasteiger partial charge in [0.2, 0.25) is 0 Å². The number of aromatic nitrogens is 1. The van der Waals surface area contributed by atoms with Gasteiger partial charge in [0.1, 0.15) is 18.1 Å². The quantitative estimate of drug-likeness (QED) is 0.499. The molecule has 0 fully saturated rings. The summed E-state index contributed by atoms with van der Waals surface area (Å²) in [6.45, 7) is 0.209. The number of benzene rings is 2. The minimum Gasteiger partial charge on any atom is -0.497 e. The fourth-order valence-corrected chi connectivity index (χ4v) is 3.51. The fourth-order valence-electron chi connectivity index (χ4n) is 3.51. The number of rotatable bonds is 6. The highest BCUT2D eigenvalue weighted by molar-refractivity contribution is 6.06. The van der Waals surface area contributed by atoms with E-state index < -0.39 is 29.7 Å². The molecule has 2 N–H and O–H groups in total.